The van der Waals surface area contributed by atoms with Crippen molar-refractivity contribution in [2.24, 2.45) is 5.16 Å². The third kappa shape index (κ3) is 4.24. The van der Waals surface area contributed by atoms with Crippen molar-refractivity contribution in [3.8, 4) is 0 Å². The lowest BCUT2D eigenvalue weighted by Gasteiger charge is -2.10. The molecule has 4 heteroatoms. The number of amides is 1. The summed E-state index contributed by atoms with van der Waals surface area (Å²) in [6.07, 6.45) is 0.918. The highest BCUT2D eigenvalue weighted by molar-refractivity contribution is 5.93. The molecule has 0 unspecified atom stereocenters. The van der Waals surface area contributed by atoms with Gasteiger partial charge in [0.05, 0.1) is 6.21 Å². The van der Waals surface area contributed by atoms with E-state index in [9.17, 15) is 4.79 Å². The van der Waals surface area contributed by atoms with Crippen molar-refractivity contribution in [3.63, 3.8) is 0 Å². The average Bonchev–Trinajstić information content (AvgIpc) is 2.49. The Kier molecular flexibility index (Phi) is 4.89. The number of hydrogen-bond acceptors (Lipinski definition) is 3. The van der Waals surface area contributed by atoms with Crippen molar-refractivity contribution in [2.75, 3.05) is 5.32 Å². The molecule has 102 valence electrons. The van der Waals surface area contributed by atoms with Gasteiger partial charge in [0.2, 0.25) is 6.10 Å². The molecule has 0 aliphatic carbocycles. The van der Waals surface area contributed by atoms with E-state index in [1.807, 2.05) is 60.7 Å². The molecule has 2 rings (SSSR count). The molecule has 0 aliphatic rings. The third-order valence-electron chi connectivity index (χ3n) is 2.63. The van der Waals surface area contributed by atoms with Gasteiger partial charge in [-0.15, -0.1) is 0 Å². The van der Waals surface area contributed by atoms with E-state index in [0.29, 0.717) is 0 Å². The van der Waals surface area contributed by atoms with E-state index in [4.69, 9.17) is 4.84 Å². The van der Waals surface area contributed by atoms with E-state index in [1.54, 1.807) is 13.1 Å². The predicted molar refractivity (Wildman–Crippen MR) is 79.7 cm³/mol. The summed E-state index contributed by atoms with van der Waals surface area (Å²) in [5.41, 5.74) is 1.66. The van der Waals surface area contributed by atoms with Crippen LogP contribution in [0, 0.1) is 0 Å². The second-order valence-electron chi connectivity index (χ2n) is 4.25. The highest BCUT2D eigenvalue weighted by atomic mass is 16.6. The second-order valence-corrected chi connectivity index (χ2v) is 4.25. The molecule has 0 spiro atoms. The first-order valence-electron chi connectivity index (χ1n) is 6.36. The summed E-state index contributed by atoms with van der Waals surface area (Å²) >= 11 is 0. The Morgan fingerprint density at radius 3 is 2.35 bits per heavy atom. The van der Waals surface area contributed by atoms with Crippen LogP contribution in [-0.2, 0) is 9.63 Å². The molecule has 0 radical (unpaired) electrons. The topological polar surface area (TPSA) is 50.7 Å². The Bertz CT molecular complexity index is 568. The Morgan fingerprint density at radius 2 is 1.70 bits per heavy atom. The largest absolute Gasteiger partial charge is 0.383 e. The van der Waals surface area contributed by atoms with Gasteiger partial charge in [-0.3, -0.25) is 4.79 Å². The SMILES string of the molecule is C[C@H](O/N=C\c1ccccc1)C(=O)Nc1ccccc1. The fourth-order valence-electron chi connectivity index (χ4n) is 1.53. The molecule has 20 heavy (non-hydrogen) atoms. The third-order valence-corrected chi connectivity index (χ3v) is 2.63. The van der Waals surface area contributed by atoms with E-state index >= 15 is 0 Å². The quantitative estimate of drug-likeness (QED) is 0.669. The maximum Gasteiger partial charge on any atom is 0.267 e. The minimum atomic E-state index is -0.657. The molecule has 0 aliphatic heterocycles. The zero-order chi connectivity index (χ0) is 14.2. The van der Waals surface area contributed by atoms with Crippen molar-refractivity contribution in [1.82, 2.24) is 0 Å². The normalized spacial score (nSPS) is 12.1. The number of oxime groups is 1. The molecule has 0 bridgehead atoms. The maximum absolute atomic E-state index is 11.8. The first-order chi connectivity index (χ1) is 9.75. The molecular weight excluding hydrogens is 252 g/mol. The van der Waals surface area contributed by atoms with Crippen LogP contribution in [0.5, 0.6) is 0 Å². The molecule has 2 aromatic rings. The number of carbonyl (C=O) groups excluding carboxylic acids is 1. The van der Waals surface area contributed by atoms with Gasteiger partial charge in [0, 0.05) is 5.69 Å². The number of nitrogens with one attached hydrogen (secondary N) is 1. The monoisotopic (exact) mass is 268 g/mol. The van der Waals surface area contributed by atoms with Gasteiger partial charge in [-0.2, -0.15) is 0 Å². The van der Waals surface area contributed by atoms with Crippen LogP contribution in [-0.4, -0.2) is 18.2 Å². The van der Waals surface area contributed by atoms with Crippen LogP contribution < -0.4 is 5.32 Å². The molecule has 1 amide bonds. The summed E-state index contributed by atoms with van der Waals surface area (Å²) in [5.74, 6) is -0.235. The van der Waals surface area contributed by atoms with E-state index < -0.39 is 6.10 Å². The number of hydrogen-bond donors (Lipinski definition) is 1. The summed E-state index contributed by atoms with van der Waals surface area (Å²) in [5, 5.41) is 6.57. The van der Waals surface area contributed by atoms with Crippen LogP contribution in [0.3, 0.4) is 0 Å². The van der Waals surface area contributed by atoms with E-state index in [2.05, 4.69) is 10.5 Å². The smallest absolute Gasteiger partial charge is 0.267 e. The zero-order valence-electron chi connectivity index (χ0n) is 11.2. The molecule has 0 saturated heterocycles. The number of anilines is 1. The molecule has 0 saturated carbocycles. The maximum atomic E-state index is 11.8. The van der Waals surface area contributed by atoms with Gasteiger partial charge in [-0.05, 0) is 24.6 Å². The summed E-state index contributed by atoms with van der Waals surface area (Å²) in [4.78, 5) is 17.0. The first-order valence-corrected chi connectivity index (χ1v) is 6.36. The Labute approximate surface area is 118 Å². The highest BCUT2D eigenvalue weighted by Gasteiger charge is 2.13. The molecule has 0 fully saturated rings. The van der Waals surface area contributed by atoms with Gasteiger partial charge in [0.1, 0.15) is 0 Å². The van der Waals surface area contributed by atoms with Crippen molar-refractivity contribution in [1.29, 1.82) is 0 Å². The predicted octanol–water partition coefficient (Wildman–Crippen LogP) is 3.06. The molecule has 0 heterocycles. The van der Waals surface area contributed by atoms with Crippen molar-refractivity contribution < 1.29 is 9.63 Å². The fourth-order valence-corrected chi connectivity index (χ4v) is 1.53. The van der Waals surface area contributed by atoms with Crippen LogP contribution in [0.15, 0.2) is 65.8 Å². The number of para-hydroxylation sites is 1. The molecule has 1 atom stereocenters. The summed E-state index contributed by atoms with van der Waals surface area (Å²) < 4.78 is 0. The summed E-state index contributed by atoms with van der Waals surface area (Å²) in [6, 6.07) is 18.8. The highest BCUT2D eigenvalue weighted by Crippen LogP contribution is 2.06. The minimum Gasteiger partial charge on any atom is -0.383 e. The first kappa shape index (κ1) is 13.8. The van der Waals surface area contributed by atoms with Gasteiger partial charge >= 0.3 is 0 Å². The molecule has 1 N–H and O–H groups in total. The van der Waals surface area contributed by atoms with E-state index in [-0.39, 0.29) is 5.91 Å². The number of benzene rings is 2. The Hall–Kier alpha value is -2.62. The van der Waals surface area contributed by atoms with Crippen LogP contribution >= 0.6 is 0 Å². The van der Waals surface area contributed by atoms with Crippen molar-refractivity contribution in [3.05, 3.63) is 66.2 Å². The van der Waals surface area contributed by atoms with Gasteiger partial charge in [-0.1, -0.05) is 53.7 Å². The minimum absolute atomic E-state index is 0.235. The number of rotatable bonds is 5. The van der Waals surface area contributed by atoms with Crippen LogP contribution in [0.2, 0.25) is 0 Å². The van der Waals surface area contributed by atoms with Crippen molar-refractivity contribution >= 4 is 17.8 Å². The van der Waals surface area contributed by atoms with Gasteiger partial charge in [0.15, 0.2) is 0 Å². The van der Waals surface area contributed by atoms with Crippen molar-refractivity contribution in [2.45, 2.75) is 13.0 Å². The lowest BCUT2D eigenvalue weighted by molar-refractivity contribution is -0.126. The summed E-state index contributed by atoms with van der Waals surface area (Å²) in [7, 11) is 0. The van der Waals surface area contributed by atoms with Crippen LogP contribution in [0.1, 0.15) is 12.5 Å². The summed E-state index contributed by atoms with van der Waals surface area (Å²) in [6.45, 7) is 1.65. The average molecular weight is 268 g/mol. The standard InChI is InChI=1S/C16H16N2O2/c1-13(16(19)18-15-10-6-3-7-11-15)20-17-12-14-8-4-2-5-9-14/h2-13H,1H3,(H,18,19)/b17-12-/t13-/m0/s1. The zero-order valence-corrected chi connectivity index (χ0v) is 11.2. The Balaban J connectivity index is 1.84. The molecule has 2 aromatic carbocycles. The number of nitrogens with zero attached hydrogens (tertiary/aromatic N) is 1. The Morgan fingerprint density at radius 1 is 1.10 bits per heavy atom. The molecule has 4 nitrogen and oxygen atoms in total. The molecular formula is C16H16N2O2. The van der Waals surface area contributed by atoms with Gasteiger partial charge < -0.3 is 10.2 Å². The van der Waals surface area contributed by atoms with E-state index in [1.165, 1.54) is 0 Å². The second kappa shape index (κ2) is 7.09. The lowest BCUT2D eigenvalue weighted by atomic mass is 10.2. The van der Waals surface area contributed by atoms with Gasteiger partial charge in [-0.25, -0.2) is 0 Å². The van der Waals surface area contributed by atoms with Crippen LogP contribution in [0.25, 0.3) is 0 Å². The molecule has 0 aromatic heterocycles. The number of carbonyl (C=O) groups is 1. The van der Waals surface area contributed by atoms with E-state index in [0.717, 1.165) is 11.3 Å². The fraction of sp³-hybridized carbons (Fsp3) is 0.125. The van der Waals surface area contributed by atoms with Crippen LogP contribution in [0.4, 0.5) is 5.69 Å². The lowest BCUT2D eigenvalue weighted by Crippen LogP contribution is -2.26. The van der Waals surface area contributed by atoms with Gasteiger partial charge in [0.25, 0.3) is 5.91 Å².